The monoisotopic (exact) mass is 290 g/mol. The quantitative estimate of drug-likeness (QED) is 0.910. The third kappa shape index (κ3) is 3.65. The van der Waals surface area contributed by atoms with Crippen molar-refractivity contribution in [3.05, 3.63) is 46.0 Å². The molecule has 0 bridgehead atoms. The molecule has 1 heterocycles. The summed E-state index contributed by atoms with van der Waals surface area (Å²) in [5.41, 5.74) is 3.96. The average molecular weight is 290 g/mol. The lowest BCUT2D eigenvalue weighted by Gasteiger charge is -2.05. The molecule has 0 aliphatic heterocycles. The van der Waals surface area contributed by atoms with E-state index in [1.807, 2.05) is 32.0 Å². The van der Waals surface area contributed by atoms with Crippen molar-refractivity contribution in [1.82, 2.24) is 4.98 Å². The van der Waals surface area contributed by atoms with Crippen molar-refractivity contribution < 1.29 is 9.90 Å². The minimum absolute atomic E-state index is 0.0975. The Bertz CT molecular complexity index is 620. The molecule has 0 aliphatic carbocycles. The van der Waals surface area contributed by atoms with Gasteiger partial charge in [-0.3, -0.25) is 4.79 Å². The molecule has 5 heteroatoms. The standard InChI is InChI=1S/C15H18N2O2S/c1-9-4-5-12(6-10(9)2)7-14(19)17-15-16-13(8-20-15)11(3)18/h4-6,8,11,18H,7H2,1-3H3,(H,16,17,19). The average Bonchev–Trinajstić information content (AvgIpc) is 2.82. The van der Waals surface area contributed by atoms with Crippen molar-refractivity contribution in [3.8, 4) is 0 Å². The lowest BCUT2D eigenvalue weighted by atomic mass is 10.0. The van der Waals surface area contributed by atoms with Crippen LogP contribution >= 0.6 is 11.3 Å². The molecule has 2 N–H and O–H groups in total. The number of carbonyl (C=O) groups excluding carboxylic acids is 1. The van der Waals surface area contributed by atoms with Crippen LogP contribution in [0.3, 0.4) is 0 Å². The first-order valence-electron chi connectivity index (χ1n) is 6.45. The van der Waals surface area contributed by atoms with E-state index in [0.29, 0.717) is 17.2 Å². The maximum absolute atomic E-state index is 12.0. The molecule has 0 spiro atoms. The number of aromatic nitrogens is 1. The predicted octanol–water partition coefficient (Wildman–Crippen LogP) is 2.99. The highest BCUT2D eigenvalue weighted by Crippen LogP contribution is 2.20. The molecule has 1 aromatic carbocycles. The Morgan fingerprint density at radius 3 is 2.75 bits per heavy atom. The summed E-state index contributed by atoms with van der Waals surface area (Å²) in [7, 11) is 0. The van der Waals surface area contributed by atoms with E-state index >= 15 is 0 Å². The largest absolute Gasteiger partial charge is 0.387 e. The Kier molecular flexibility index (Phi) is 4.52. The zero-order valence-corrected chi connectivity index (χ0v) is 12.6. The zero-order valence-electron chi connectivity index (χ0n) is 11.8. The molecule has 0 radical (unpaired) electrons. The van der Waals surface area contributed by atoms with Gasteiger partial charge in [-0.1, -0.05) is 18.2 Å². The van der Waals surface area contributed by atoms with Crippen molar-refractivity contribution in [2.24, 2.45) is 0 Å². The summed E-state index contributed by atoms with van der Waals surface area (Å²) >= 11 is 1.32. The molecule has 1 aromatic heterocycles. The summed E-state index contributed by atoms with van der Waals surface area (Å²) in [6, 6.07) is 6.01. The van der Waals surface area contributed by atoms with Crippen LogP contribution in [0.15, 0.2) is 23.6 Å². The number of hydrogen-bond donors (Lipinski definition) is 2. The zero-order chi connectivity index (χ0) is 14.7. The highest BCUT2D eigenvalue weighted by Gasteiger charge is 2.10. The second-order valence-corrected chi connectivity index (χ2v) is 5.76. The van der Waals surface area contributed by atoms with Crippen LogP contribution in [-0.2, 0) is 11.2 Å². The van der Waals surface area contributed by atoms with Crippen molar-refractivity contribution >= 4 is 22.4 Å². The van der Waals surface area contributed by atoms with E-state index in [4.69, 9.17) is 0 Å². The number of aliphatic hydroxyl groups excluding tert-OH is 1. The number of rotatable bonds is 4. The van der Waals surface area contributed by atoms with Gasteiger partial charge in [0.1, 0.15) is 0 Å². The van der Waals surface area contributed by atoms with E-state index in [1.165, 1.54) is 22.5 Å². The van der Waals surface area contributed by atoms with Gasteiger partial charge in [-0.25, -0.2) is 4.98 Å². The second kappa shape index (κ2) is 6.15. The van der Waals surface area contributed by atoms with E-state index in [2.05, 4.69) is 10.3 Å². The molecule has 0 fully saturated rings. The molecule has 106 valence electrons. The first kappa shape index (κ1) is 14.7. The Balaban J connectivity index is 1.99. The van der Waals surface area contributed by atoms with Gasteiger partial charge in [0.15, 0.2) is 5.13 Å². The van der Waals surface area contributed by atoms with E-state index in [1.54, 1.807) is 12.3 Å². The number of amides is 1. The van der Waals surface area contributed by atoms with E-state index in [-0.39, 0.29) is 5.91 Å². The Morgan fingerprint density at radius 2 is 2.15 bits per heavy atom. The molecule has 20 heavy (non-hydrogen) atoms. The Hall–Kier alpha value is -1.72. The third-order valence-corrected chi connectivity index (χ3v) is 3.91. The first-order chi connectivity index (χ1) is 9.45. The number of nitrogens with zero attached hydrogens (tertiary/aromatic N) is 1. The highest BCUT2D eigenvalue weighted by molar-refractivity contribution is 7.13. The van der Waals surface area contributed by atoms with E-state index in [9.17, 15) is 9.90 Å². The fraction of sp³-hybridized carbons (Fsp3) is 0.333. The van der Waals surface area contributed by atoms with Gasteiger partial charge in [-0.15, -0.1) is 11.3 Å². The summed E-state index contributed by atoms with van der Waals surface area (Å²) in [5, 5.41) is 14.4. The molecule has 2 aromatic rings. The molecule has 0 saturated carbocycles. The summed E-state index contributed by atoms with van der Waals surface area (Å²) in [6.07, 6.45) is -0.290. The minimum atomic E-state index is -0.614. The lowest BCUT2D eigenvalue weighted by molar-refractivity contribution is -0.115. The van der Waals surface area contributed by atoms with Crippen molar-refractivity contribution in [3.63, 3.8) is 0 Å². The highest BCUT2D eigenvalue weighted by atomic mass is 32.1. The fourth-order valence-electron chi connectivity index (χ4n) is 1.80. The van der Waals surface area contributed by atoms with Crippen LogP contribution in [0.5, 0.6) is 0 Å². The van der Waals surface area contributed by atoms with Crippen LogP contribution in [-0.4, -0.2) is 16.0 Å². The predicted molar refractivity (Wildman–Crippen MR) is 81.0 cm³/mol. The van der Waals surface area contributed by atoms with E-state index in [0.717, 1.165) is 5.56 Å². The topological polar surface area (TPSA) is 62.2 Å². The number of nitrogens with one attached hydrogen (secondary N) is 1. The number of hydrogen-bond acceptors (Lipinski definition) is 4. The van der Waals surface area contributed by atoms with Crippen molar-refractivity contribution in [2.45, 2.75) is 33.3 Å². The number of carbonyl (C=O) groups is 1. The summed E-state index contributed by atoms with van der Waals surface area (Å²) in [5.74, 6) is -0.0975. The minimum Gasteiger partial charge on any atom is -0.387 e. The van der Waals surface area contributed by atoms with Gasteiger partial charge in [0.25, 0.3) is 0 Å². The maximum Gasteiger partial charge on any atom is 0.230 e. The molecule has 2 rings (SSSR count). The van der Waals surface area contributed by atoms with Crippen molar-refractivity contribution in [1.29, 1.82) is 0 Å². The first-order valence-corrected chi connectivity index (χ1v) is 7.33. The Morgan fingerprint density at radius 1 is 1.40 bits per heavy atom. The molecule has 1 amide bonds. The molecule has 1 atom stereocenters. The maximum atomic E-state index is 12.0. The van der Waals surface area contributed by atoms with Crippen LogP contribution in [0, 0.1) is 13.8 Å². The SMILES string of the molecule is Cc1ccc(CC(=O)Nc2nc(C(C)O)cs2)cc1C. The van der Waals surface area contributed by atoms with Gasteiger partial charge in [0.2, 0.25) is 5.91 Å². The fourth-order valence-corrected chi connectivity index (χ4v) is 2.61. The van der Waals surface area contributed by atoms with Gasteiger partial charge >= 0.3 is 0 Å². The van der Waals surface area contributed by atoms with Gasteiger partial charge < -0.3 is 10.4 Å². The molecule has 0 saturated heterocycles. The normalized spacial score (nSPS) is 12.2. The van der Waals surface area contributed by atoms with Crippen molar-refractivity contribution in [2.75, 3.05) is 5.32 Å². The number of aliphatic hydroxyl groups is 1. The van der Waals surface area contributed by atoms with Gasteiger partial charge in [0.05, 0.1) is 18.2 Å². The van der Waals surface area contributed by atoms with Crippen LogP contribution in [0.25, 0.3) is 0 Å². The summed E-state index contributed by atoms with van der Waals surface area (Å²) in [6.45, 7) is 5.73. The van der Waals surface area contributed by atoms with Crippen LogP contribution in [0.4, 0.5) is 5.13 Å². The summed E-state index contributed by atoms with van der Waals surface area (Å²) < 4.78 is 0. The van der Waals surface area contributed by atoms with E-state index < -0.39 is 6.10 Å². The second-order valence-electron chi connectivity index (χ2n) is 4.90. The lowest BCUT2D eigenvalue weighted by Crippen LogP contribution is -2.14. The summed E-state index contributed by atoms with van der Waals surface area (Å²) in [4.78, 5) is 16.1. The number of aryl methyl sites for hydroxylation is 2. The molecular formula is C15H18N2O2S. The smallest absolute Gasteiger partial charge is 0.230 e. The third-order valence-electron chi connectivity index (χ3n) is 3.13. The number of anilines is 1. The van der Waals surface area contributed by atoms with Crippen LogP contribution in [0.1, 0.15) is 35.4 Å². The van der Waals surface area contributed by atoms with Crippen LogP contribution in [0.2, 0.25) is 0 Å². The number of thiazole rings is 1. The molecule has 4 nitrogen and oxygen atoms in total. The molecule has 0 aliphatic rings. The molecule has 1 unspecified atom stereocenters. The van der Waals surface area contributed by atoms with Gasteiger partial charge in [-0.2, -0.15) is 0 Å². The van der Waals surface area contributed by atoms with Gasteiger partial charge in [-0.05, 0) is 37.5 Å². The van der Waals surface area contributed by atoms with Crippen LogP contribution < -0.4 is 5.32 Å². The van der Waals surface area contributed by atoms with Gasteiger partial charge in [0, 0.05) is 5.38 Å². The molecular weight excluding hydrogens is 272 g/mol. The number of benzene rings is 1. The Labute approximate surface area is 122 Å².